The van der Waals surface area contributed by atoms with Crippen molar-refractivity contribution in [3.8, 4) is 6.07 Å². The zero-order chi connectivity index (χ0) is 10.1. The van der Waals surface area contributed by atoms with E-state index in [1.54, 1.807) is 13.0 Å². The topological polar surface area (TPSA) is 62.1 Å². The van der Waals surface area contributed by atoms with E-state index in [-0.39, 0.29) is 12.2 Å². The number of nitriles is 1. The zero-order valence-electron chi connectivity index (χ0n) is 7.96. The molecule has 0 amide bonds. The second kappa shape index (κ2) is 7.17. The van der Waals surface area contributed by atoms with Crippen molar-refractivity contribution >= 4 is 5.97 Å². The minimum atomic E-state index is -0.575. The van der Waals surface area contributed by atoms with E-state index in [9.17, 15) is 4.79 Å². The standard InChI is InChI=1S/C9H14N2O2/c1-3-5-11-7-8(6-10)9(12)13-4-2/h7,11H,3-5H2,1-2H3. The number of nitrogens with zero attached hydrogens (tertiary/aromatic N) is 1. The molecule has 0 aliphatic rings. The summed E-state index contributed by atoms with van der Waals surface area (Å²) in [5, 5.41) is 11.4. The molecule has 4 heteroatoms. The summed E-state index contributed by atoms with van der Waals surface area (Å²) >= 11 is 0. The SMILES string of the molecule is CCCNC=C(C#N)C(=O)OCC. The van der Waals surface area contributed by atoms with Crippen molar-refractivity contribution in [2.75, 3.05) is 13.2 Å². The molecule has 0 radical (unpaired) electrons. The van der Waals surface area contributed by atoms with Gasteiger partial charge in [-0.2, -0.15) is 5.26 Å². The van der Waals surface area contributed by atoms with Crippen molar-refractivity contribution in [3.05, 3.63) is 11.8 Å². The number of rotatable bonds is 5. The molecule has 0 saturated carbocycles. The fraction of sp³-hybridized carbons (Fsp3) is 0.556. The Hall–Kier alpha value is -1.50. The van der Waals surface area contributed by atoms with Gasteiger partial charge in [-0.3, -0.25) is 0 Å². The summed E-state index contributed by atoms with van der Waals surface area (Å²) < 4.78 is 4.66. The molecule has 0 aliphatic carbocycles. The van der Waals surface area contributed by atoms with E-state index in [1.165, 1.54) is 6.20 Å². The summed E-state index contributed by atoms with van der Waals surface area (Å²) in [4.78, 5) is 11.0. The molecule has 0 aromatic rings. The van der Waals surface area contributed by atoms with Crippen LogP contribution in [0.4, 0.5) is 0 Å². The fourth-order valence-electron chi connectivity index (χ4n) is 0.664. The lowest BCUT2D eigenvalue weighted by atomic mass is 10.3. The number of carbonyl (C=O) groups is 1. The maximum atomic E-state index is 11.0. The lowest BCUT2D eigenvalue weighted by Gasteiger charge is -2.00. The van der Waals surface area contributed by atoms with Crippen LogP contribution in [-0.4, -0.2) is 19.1 Å². The first-order valence-electron chi connectivity index (χ1n) is 4.27. The van der Waals surface area contributed by atoms with Gasteiger partial charge in [0.15, 0.2) is 5.57 Å². The van der Waals surface area contributed by atoms with Crippen molar-refractivity contribution < 1.29 is 9.53 Å². The van der Waals surface area contributed by atoms with Gasteiger partial charge in [-0.1, -0.05) is 6.92 Å². The van der Waals surface area contributed by atoms with Gasteiger partial charge in [0.25, 0.3) is 0 Å². The molecular formula is C9H14N2O2. The third kappa shape index (κ3) is 4.86. The van der Waals surface area contributed by atoms with Gasteiger partial charge >= 0.3 is 5.97 Å². The molecule has 0 saturated heterocycles. The molecule has 0 rings (SSSR count). The van der Waals surface area contributed by atoms with E-state index in [2.05, 4.69) is 10.1 Å². The highest BCUT2D eigenvalue weighted by molar-refractivity contribution is 5.92. The number of ether oxygens (including phenoxy) is 1. The number of hydrogen-bond acceptors (Lipinski definition) is 4. The minimum absolute atomic E-state index is 0.00954. The first kappa shape index (κ1) is 11.5. The Morgan fingerprint density at radius 2 is 2.31 bits per heavy atom. The molecule has 1 N–H and O–H groups in total. The number of hydrogen-bond donors (Lipinski definition) is 1. The van der Waals surface area contributed by atoms with Gasteiger partial charge in [0.2, 0.25) is 0 Å². The highest BCUT2D eigenvalue weighted by Gasteiger charge is 2.08. The van der Waals surface area contributed by atoms with E-state index < -0.39 is 5.97 Å². The third-order valence-electron chi connectivity index (χ3n) is 1.26. The Morgan fingerprint density at radius 1 is 1.62 bits per heavy atom. The van der Waals surface area contributed by atoms with Gasteiger partial charge < -0.3 is 10.1 Å². The Kier molecular flexibility index (Phi) is 6.34. The van der Waals surface area contributed by atoms with E-state index in [0.29, 0.717) is 0 Å². The highest BCUT2D eigenvalue weighted by atomic mass is 16.5. The molecule has 13 heavy (non-hydrogen) atoms. The van der Waals surface area contributed by atoms with Crippen molar-refractivity contribution in [1.82, 2.24) is 5.32 Å². The molecule has 0 aromatic carbocycles. The van der Waals surface area contributed by atoms with Gasteiger partial charge in [-0.05, 0) is 13.3 Å². The predicted molar refractivity (Wildman–Crippen MR) is 48.6 cm³/mol. The third-order valence-corrected chi connectivity index (χ3v) is 1.26. The summed E-state index contributed by atoms with van der Waals surface area (Å²) in [5.41, 5.74) is 0.00954. The second-order valence-electron chi connectivity index (χ2n) is 2.34. The molecule has 0 atom stereocenters. The lowest BCUT2D eigenvalue weighted by molar-refractivity contribution is -0.138. The van der Waals surface area contributed by atoms with Gasteiger partial charge in [0.1, 0.15) is 6.07 Å². The average molecular weight is 182 g/mol. The van der Waals surface area contributed by atoms with Crippen LogP contribution >= 0.6 is 0 Å². The molecule has 4 nitrogen and oxygen atoms in total. The quantitative estimate of drug-likeness (QED) is 0.298. The van der Waals surface area contributed by atoms with E-state index >= 15 is 0 Å². The second-order valence-corrected chi connectivity index (χ2v) is 2.34. The summed E-state index contributed by atoms with van der Waals surface area (Å²) in [6.07, 6.45) is 2.33. The summed E-state index contributed by atoms with van der Waals surface area (Å²) in [5.74, 6) is -0.575. The van der Waals surface area contributed by atoms with Crippen molar-refractivity contribution in [2.24, 2.45) is 0 Å². The van der Waals surface area contributed by atoms with Crippen LogP contribution in [-0.2, 0) is 9.53 Å². The summed E-state index contributed by atoms with van der Waals surface area (Å²) in [6.45, 7) is 4.72. The van der Waals surface area contributed by atoms with Crippen molar-refractivity contribution in [3.63, 3.8) is 0 Å². The number of carbonyl (C=O) groups excluding carboxylic acids is 1. The van der Waals surface area contributed by atoms with Crippen LogP contribution in [0.5, 0.6) is 0 Å². The molecule has 0 bridgehead atoms. The Bertz CT molecular complexity index is 228. The lowest BCUT2D eigenvalue weighted by Crippen LogP contribution is -2.12. The summed E-state index contributed by atoms with van der Waals surface area (Å²) in [6, 6.07) is 1.77. The molecule has 0 aromatic heterocycles. The van der Waals surface area contributed by atoms with Crippen molar-refractivity contribution in [2.45, 2.75) is 20.3 Å². The van der Waals surface area contributed by atoms with E-state index in [1.807, 2.05) is 6.92 Å². The Labute approximate surface area is 78.2 Å². The van der Waals surface area contributed by atoms with Crippen LogP contribution in [0.25, 0.3) is 0 Å². The van der Waals surface area contributed by atoms with Crippen molar-refractivity contribution in [1.29, 1.82) is 5.26 Å². The number of esters is 1. The van der Waals surface area contributed by atoms with Crippen LogP contribution in [0, 0.1) is 11.3 Å². The van der Waals surface area contributed by atoms with Gasteiger partial charge in [0.05, 0.1) is 6.61 Å². The fourth-order valence-corrected chi connectivity index (χ4v) is 0.664. The predicted octanol–water partition coefficient (Wildman–Crippen LogP) is 0.957. The maximum Gasteiger partial charge on any atom is 0.350 e. The monoisotopic (exact) mass is 182 g/mol. The minimum Gasteiger partial charge on any atom is -0.462 e. The largest absolute Gasteiger partial charge is 0.462 e. The van der Waals surface area contributed by atoms with Gasteiger partial charge in [-0.15, -0.1) is 0 Å². The molecule has 0 fully saturated rings. The van der Waals surface area contributed by atoms with Crippen LogP contribution < -0.4 is 5.32 Å². The number of nitrogens with one attached hydrogen (secondary N) is 1. The smallest absolute Gasteiger partial charge is 0.350 e. The summed E-state index contributed by atoms with van der Waals surface area (Å²) in [7, 11) is 0. The highest BCUT2D eigenvalue weighted by Crippen LogP contribution is 1.94. The molecule has 0 heterocycles. The molecule has 0 aliphatic heterocycles. The normalized spacial score (nSPS) is 10.4. The Morgan fingerprint density at radius 3 is 2.77 bits per heavy atom. The molecule has 0 unspecified atom stereocenters. The van der Waals surface area contributed by atoms with E-state index in [4.69, 9.17) is 5.26 Å². The maximum absolute atomic E-state index is 11.0. The average Bonchev–Trinajstić information content (AvgIpc) is 2.13. The van der Waals surface area contributed by atoms with Crippen LogP contribution in [0.2, 0.25) is 0 Å². The van der Waals surface area contributed by atoms with Gasteiger partial charge in [-0.25, -0.2) is 4.79 Å². The Balaban J connectivity index is 4.09. The first-order chi connectivity index (χ1) is 6.26. The van der Waals surface area contributed by atoms with Crippen LogP contribution in [0.3, 0.4) is 0 Å². The zero-order valence-corrected chi connectivity index (χ0v) is 7.96. The van der Waals surface area contributed by atoms with Crippen LogP contribution in [0.15, 0.2) is 11.8 Å². The first-order valence-corrected chi connectivity index (χ1v) is 4.27. The van der Waals surface area contributed by atoms with Crippen LogP contribution in [0.1, 0.15) is 20.3 Å². The van der Waals surface area contributed by atoms with Gasteiger partial charge in [0, 0.05) is 12.7 Å². The van der Waals surface area contributed by atoms with E-state index in [0.717, 1.165) is 13.0 Å². The molecule has 0 spiro atoms. The molecule has 72 valence electrons. The molecular weight excluding hydrogens is 168 g/mol.